The van der Waals surface area contributed by atoms with Gasteiger partial charge in [0, 0.05) is 19.8 Å². The van der Waals surface area contributed by atoms with Crippen molar-refractivity contribution in [2.45, 2.75) is 142 Å². The molecule has 0 fully saturated rings. The first-order chi connectivity index (χ1) is 16.7. The first-order valence-corrected chi connectivity index (χ1v) is 14.9. The molecule has 0 aliphatic heterocycles. The highest BCUT2D eigenvalue weighted by Crippen LogP contribution is 2.10. The summed E-state index contributed by atoms with van der Waals surface area (Å²) in [5.41, 5.74) is 0. The van der Waals surface area contributed by atoms with Gasteiger partial charge in [0.1, 0.15) is 0 Å². The molecule has 0 aliphatic carbocycles. The predicted molar refractivity (Wildman–Crippen MR) is 152 cm³/mol. The molecule has 0 saturated heterocycles. The Balaban J connectivity index is 3.55. The lowest BCUT2D eigenvalue weighted by Crippen LogP contribution is -2.31. The van der Waals surface area contributed by atoms with E-state index >= 15 is 0 Å². The van der Waals surface area contributed by atoms with Crippen molar-refractivity contribution in [3.8, 4) is 0 Å². The Morgan fingerprint density at radius 3 is 1.44 bits per heavy atom. The summed E-state index contributed by atoms with van der Waals surface area (Å²) < 4.78 is 12.1. The third kappa shape index (κ3) is 27.6. The molecule has 0 aromatic carbocycles. The lowest BCUT2D eigenvalue weighted by atomic mass is 10.1. The number of ether oxygens (including phenoxy) is 2. The SMILES string of the molecule is CCCCCC=CC/C=C\CCCCCCCCOC(CN(C)C)OCCCCCCCCC. The zero-order valence-electron chi connectivity index (χ0n) is 23.7. The quantitative estimate of drug-likeness (QED) is 0.0665. The van der Waals surface area contributed by atoms with Crippen LogP contribution in [-0.2, 0) is 9.47 Å². The van der Waals surface area contributed by atoms with Crippen LogP contribution in [0.3, 0.4) is 0 Å². The summed E-state index contributed by atoms with van der Waals surface area (Å²) in [5, 5.41) is 0. The van der Waals surface area contributed by atoms with Crippen molar-refractivity contribution >= 4 is 0 Å². The maximum atomic E-state index is 6.05. The lowest BCUT2D eigenvalue weighted by molar-refractivity contribution is -0.150. The Hall–Kier alpha value is -0.640. The molecule has 34 heavy (non-hydrogen) atoms. The smallest absolute Gasteiger partial charge is 0.170 e. The van der Waals surface area contributed by atoms with Gasteiger partial charge in [-0.05, 0) is 59.0 Å². The first-order valence-electron chi connectivity index (χ1n) is 14.9. The monoisotopic (exact) mass is 479 g/mol. The Labute approximate surface area is 214 Å². The molecule has 0 aromatic rings. The Morgan fingerprint density at radius 1 is 0.529 bits per heavy atom. The van der Waals surface area contributed by atoms with Gasteiger partial charge in [0.2, 0.25) is 0 Å². The average Bonchev–Trinajstić information content (AvgIpc) is 2.82. The van der Waals surface area contributed by atoms with Gasteiger partial charge in [-0.15, -0.1) is 0 Å². The van der Waals surface area contributed by atoms with E-state index in [1.165, 1.54) is 103 Å². The minimum Gasteiger partial charge on any atom is -0.351 e. The normalized spacial score (nSPS) is 13.1. The van der Waals surface area contributed by atoms with Crippen LogP contribution in [0.25, 0.3) is 0 Å². The lowest BCUT2D eigenvalue weighted by Gasteiger charge is -2.22. The molecule has 0 radical (unpaired) electrons. The molecule has 0 aliphatic rings. The minimum atomic E-state index is -0.0759. The standard InChI is InChI=1S/C31H61NO2/c1-5-7-9-11-13-14-15-16-17-18-19-20-21-23-25-27-29-34-31(30-32(3)4)33-28-26-24-22-12-10-8-6-2/h13-14,16-17,31H,5-12,15,18-30H2,1-4H3/b14-13?,17-16-. The molecule has 0 N–H and O–H groups in total. The van der Waals surface area contributed by atoms with Gasteiger partial charge in [-0.2, -0.15) is 0 Å². The van der Waals surface area contributed by atoms with Crippen molar-refractivity contribution in [2.75, 3.05) is 33.9 Å². The summed E-state index contributed by atoms with van der Waals surface area (Å²) in [6, 6.07) is 0. The molecule has 1 atom stereocenters. The van der Waals surface area contributed by atoms with E-state index in [-0.39, 0.29) is 6.29 Å². The van der Waals surface area contributed by atoms with Crippen LogP contribution in [0.15, 0.2) is 24.3 Å². The largest absolute Gasteiger partial charge is 0.351 e. The van der Waals surface area contributed by atoms with E-state index in [9.17, 15) is 0 Å². The molecular formula is C31H61NO2. The highest BCUT2D eigenvalue weighted by Gasteiger charge is 2.10. The second kappa shape index (κ2) is 28.6. The predicted octanol–water partition coefficient (Wildman–Crippen LogP) is 9.47. The van der Waals surface area contributed by atoms with E-state index < -0.39 is 0 Å². The van der Waals surface area contributed by atoms with Gasteiger partial charge < -0.3 is 14.4 Å². The first kappa shape index (κ1) is 33.4. The Morgan fingerprint density at radius 2 is 0.941 bits per heavy atom. The summed E-state index contributed by atoms with van der Waals surface area (Å²) in [7, 11) is 4.18. The molecule has 202 valence electrons. The van der Waals surface area contributed by atoms with Crippen molar-refractivity contribution in [3.63, 3.8) is 0 Å². The maximum absolute atomic E-state index is 6.05. The zero-order chi connectivity index (χ0) is 25.0. The highest BCUT2D eigenvalue weighted by molar-refractivity contribution is 4.92. The topological polar surface area (TPSA) is 21.7 Å². The molecule has 0 heterocycles. The Bertz CT molecular complexity index is 433. The summed E-state index contributed by atoms with van der Waals surface area (Å²) in [4.78, 5) is 2.16. The molecular weight excluding hydrogens is 418 g/mol. The van der Waals surface area contributed by atoms with Gasteiger partial charge >= 0.3 is 0 Å². The van der Waals surface area contributed by atoms with E-state index in [4.69, 9.17) is 9.47 Å². The van der Waals surface area contributed by atoms with E-state index in [2.05, 4.69) is 57.1 Å². The van der Waals surface area contributed by atoms with Gasteiger partial charge in [0.05, 0.1) is 0 Å². The number of unbranched alkanes of at least 4 members (excludes halogenated alkanes) is 15. The Kier molecular flexibility index (Phi) is 28.1. The zero-order valence-corrected chi connectivity index (χ0v) is 23.7. The van der Waals surface area contributed by atoms with Gasteiger partial charge in [0.15, 0.2) is 6.29 Å². The molecule has 0 bridgehead atoms. The fourth-order valence-corrected chi connectivity index (χ4v) is 4.03. The van der Waals surface area contributed by atoms with Crippen LogP contribution >= 0.6 is 0 Å². The van der Waals surface area contributed by atoms with Crippen molar-refractivity contribution in [1.29, 1.82) is 0 Å². The van der Waals surface area contributed by atoms with Crippen LogP contribution in [0.5, 0.6) is 0 Å². The number of allylic oxidation sites excluding steroid dienone is 4. The van der Waals surface area contributed by atoms with E-state index in [0.29, 0.717) is 0 Å². The molecule has 0 rings (SSSR count). The van der Waals surface area contributed by atoms with Crippen molar-refractivity contribution in [3.05, 3.63) is 24.3 Å². The molecule has 0 spiro atoms. The third-order valence-electron chi connectivity index (χ3n) is 6.21. The van der Waals surface area contributed by atoms with E-state index in [1.54, 1.807) is 0 Å². The van der Waals surface area contributed by atoms with E-state index in [1.807, 2.05) is 0 Å². The number of nitrogens with zero attached hydrogens (tertiary/aromatic N) is 1. The summed E-state index contributed by atoms with van der Waals surface area (Å²) >= 11 is 0. The fourth-order valence-electron chi connectivity index (χ4n) is 4.03. The maximum Gasteiger partial charge on any atom is 0.170 e. The fraction of sp³-hybridized carbons (Fsp3) is 0.871. The molecule has 3 nitrogen and oxygen atoms in total. The van der Waals surface area contributed by atoms with Crippen molar-refractivity contribution < 1.29 is 9.47 Å². The number of hydrogen-bond acceptors (Lipinski definition) is 3. The van der Waals surface area contributed by atoms with Crippen LogP contribution in [0.2, 0.25) is 0 Å². The summed E-state index contributed by atoms with van der Waals surface area (Å²) in [6.45, 7) is 7.03. The third-order valence-corrected chi connectivity index (χ3v) is 6.21. The molecule has 3 heteroatoms. The minimum absolute atomic E-state index is 0.0759. The summed E-state index contributed by atoms with van der Waals surface area (Å²) in [5.74, 6) is 0. The van der Waals surface area contributed by atoms with Crippen LogP contribution in [0, 0.1) is 0 Å². The molecule has 0 saturated carbocycles. The van der Waals surface area contributed by atoms with Crippen LogP contribution in [0.4, 0.5) is 0 Å². The van der Waals surface area contributed by atoms with Gasteiger partial charge in [-0.3, -0.25) is 0 Å². The van der Waals surface area contributed by atoms with Crippen molar-refractivity contribution in [1.82, 2.24) is 4.90 Å². The average molecular weight is 480 g/mol. The van der Waals surface area contributed by atoms with Gasteiger partial charge in [-0.1, -0.05) is 115 Å². The van der Waals surface area contributed by atoms with Crippen LogP contribution in [-0.4, -0.2) is 45.0 Å². The molecule has 0 aromatic heterocycles. The van der Waals surface area contributed by atoms with Crippen LogP contribution < -0.4 is 0 Å². The van der Waals surface area contributed by atoms with Crippen LogP contribution in [0.1, 0.15) is 136 Å². The number of likely N-dealkylation sites (N-methyl/N-ethyl adjacent to an activating group) is 1. The van der Waals surface area contributed by atoms with Crippen molar-refractivity contribution in [2.24, 2.45) is 0 Å². The van der Waals surface area contributed by atoms with E-state index in [0.717, 1.165) is 39.0 Å². The van der Waals surface area contributed by atoms with Gasteiger partial charge in [-0.25, -0.2) is 0 Å². The number of hydrogen-bond donors (Lipinski definition) is 0. The summed E-state index contributed by atoms with van der Waals surface area (Å²) in [6.07, 6.45) is 33.9. The second-order valence-electron chi connectivity index (χ2n) is 10.1. The van der Waals surface area contributed by atoms with Gasteiger partial charge in [0.25, 0.3) is 0 Å². The highest BCUT2D eigenvalue weighted by atomic mass is 16.7. The second-order valence-corrected chi connectivity index (χ2v) is 10.1. The molecule has 0 amide bonds. The molecule has 1 unspecified atom stereocenters. The number of rotatable bonds is 27.